The Bertz CT molecular complexity index is 449. The molecule has 1 atom stereocenters. The van der Waals surface area contributed by atoms with Crippen LogP contribution in [0.2, 0.25) is 5.02 Å². The molecule has 1 heterocycles. The minimum absolute atomic E-state index is 0.0256. The summed E-state index contributed by atoms with van der Waals surface area (Å²) in [5.41, 5.74) is -0.867. The van der Waals surface area contributed by atoms with Crippen LogP contribution in [0.5, 0.6) is 0 Å². The van der Waals surface area contributed by atoms with Crippen molar-refractivity contribution in [1.29, 1.82) is 5.26 Å². The third-order valence-electron chi connectivity index (χ3n) is 2.69. The van der Waals surface area contributed by atoms with E-state index >= 15 is 0 Å². The Morgan fingerprint density at radius 2 is 2.41 bits per heavy atom. The second-order valence-electron chi connectivity index (χ2n) is 4.37. The van der Waals surface area contributed by atoms with E-state index in [1.165, 1.54) is 10.9 Å². The van der Waals surface area contributed by atoms with E-state index in [0.717, 1.165) is 0 Å². The summed E-state index contributed by atoms with van der Waals surface area (Å²) >= 11 is 5.69. The Morgan fingerprint density at radius 1 is 1.76 bits per heavy atom. The number of rotatable bonds is 4. The van der Waals surface area contributed by atoms with Gasteiger partial charge in [-0.1, -0.05) is 25.4 Å². The highest BCUT2D eigenvalue weighted by atomic mass is 35.5. The highest BCUT2D eigenvalue weighted by Gasteiger charge is 2.29. The van der Waals surface area contributed by atoms with E-state index in [9.17, 15) is 4.79 Å². The van der Waals surface area contributed by atoms with Crippen molar-refractivity contribution in [2.45, 2.75) is 32.9 Å². The Kier molecular flexibility index (Phi) is 4.13. The number of carbonyl (C=O) groups excluding carboxylic acids is 1. The van der Waals surface area contributed by atoms with Crippen molar-refractivity contribution in [3.8, 4) is 6.07 Å². The molecule has 0 unspecified atom stereocenters. The summed E-state index contributed by atoms with van der Waals surface area (Å²) in [5, 5.41) is 16.1. The average Bonchev–Trinajstić information content (AvgIpc) is 2.63. The number of aromatic nitrogens is 2. The van der Waals surface area contributed by atoms with Gasteiger partial charge in [-0.15, -0.1) is 0 Å². The lowest BCUT2D eigenvalue weighted by Crippen LogP contribution is -2.49. The minimum Gasteiger partial charge on any atom is -0.336 e. The van der Waals surface area contributed by atoms with Crippen LogP contribution in [0.3, 0.4) is 0 Å². The summed E-state index contributed by atoms with van der Waals surface area (Å²) in [5.74, 6) is -0.236. The first kappa shape index (κ1) is 13.5. The summed E-state index contributed by atoms with van der Waals surface area (Å²) in [6, 6.07) is 2.11. The molecular weight excluding hydrogens is 240 g/mol. The van der Waals surface area contributed by atoms with Crippen LogP contribution in [0.4, 0.5) is 0 Å². The number of nitrogens with zero attached hydrogens (tertiary/aromatic N) is 3. The lowest BCUT2D eigenvalue weighted by Gasteiger charge is -2.27. The van der Waals surface area contributed by atoms with Crippen molar-refractivity contribution in [3.63, 3.8) is 0 Å². The molecule has 0 bridgehead atoms. The number of hydrogen-bond donors (Lipinski definition) is 1. The Labute approximate surface area is 105 Å². The topological polar surface area (TPSA) is 70.7 Å². The lowest BCUT2D eigenvalue weighted by molar-refractivity contribution is -0.123. The van der Waals surface area contributed by atoms with Gasteiger partial charge in [-0.3, -0.25) is 9.48 Å². The summed E-state index contributed by atoms with van der Waals surface area (Å²) in [7, 11) is 0. The van der Waals surface area contributed by atoms with Crippen molar-refractivity contribution in [2.75, 3.05) is 0 Å². The standard InChI is InChI=1S/C11H15ClN4O/c1-8(2)11(3,7-13)15-10(17)6-16-5-9(12)4-14-16/h4-5,8H,6H2,1-3H3,(H,15,17)/t11-/m0/s1. The molecule has 1 aromatic heterocycles. The van der Waals surface area contributed by atoms with Gasteiger partial charge in [0.25, 0.3) is 0 Å². The van der Waals surface area contributed by atoms with Gasteiger partial charge in [-0.2, -0.15) is 10.4 Å². The summed E-state index contributed by atoms with van der Waals surface area (Å²) in [6.45, 7) is 5.52. The number of halogens is 1. The quantitative estimate of drug-likeness (QED) is 0.887. The maximum absolute atomic E-state index is 11.7. The van der Waals surface area contributed by atoms with E-state index in [0.29, 0.717) is 5.02 Å². The fourth-order valence-electron chi connectivity index (χ4n) is 1.20. The molecule has 17 heavy (non-hydrogen) atoms. The van der Waals surface area contributed by atoms with Gasteiger partial charge in [0.05, 0.1) is 17.3 Å². The van der Waals surface area contributed by atoms with Crippen molar-refractivity contribution < 1.29 is 4.79 Å². The van der Waals surface area contributed by atoms with E-state index in [-0.39, 0.29) is 18.4 Å². The van der Waals surface area contributed by atoms with Gasteiger partial charge in [-0.05, 0) is 12.8 Å². The monoisotopic (exact) mass is 254 g/mol. The minimum atomic E-state index is -0.867. The van der Waals surface area contributed by atoms with Crippen molar-refractivity contribution in [1.82, 2.24) is 15.1 Å². The van der Waals surface area contributed by atoms with Gasteiger partial charge in [0.2, 0.25) is 5.91 Å². The largest absolute Gasteiger partial charge is 0.336 e. The van der Waals surface area contributed by atoms with E-state index in [1.807, 2.05) is 13.8 Å². The van der Waals surface area contributed by atoms with Gasteiger partial charge in [0, 0.05) is 6.20 Å². The van der Waals surface area contributed by atoms with Crippen LogP contribution in [0.15, 0.2) is 12.4 Å². The SMILES string of the molecule is CC(C)[C@](C)(C#N)NC(=O)Cn1cc(Cl)cn1. The number of hydrogen-bond acceptors (Lipinski definition) is 3. The summed E-state index contributed by atoms with van der Waals surface area (Å²) in [6.07, 6.45) is 3.01. The highest BCUT2D eigenvalue weighted by Crippen LogP contribution is 2.15. The van der Waals surface area contributed by atoms with E-state index in [1.54, 1.807) is 13.1 Å². The Morgan fingerprint density at radius 3 is 2.82 bits per heavy atom. The fourth-order valence-corrected chi connectivity index (χ4v) is 1.36. The van der Waals surface area contributed by atoms with Crippen LogP contribution >= 0.6 is 11.6 Å². The third-order valence-corrected chi connectivity index (χ3v) is 2.89. The number of nitriles is 1. The number of nitrogens with one attached hydrogen (secondary N) is 1. The molecule has 0 aliphatic heterocycles. The van der Waals surface area contributed by atoms with Crippen LogP contribution in [0.25, 0.3) is 0 Å². The first-order valence-electron chi connectivity index (χ1n) is 5.27. The molecule has 6 heteroatoms. The maximum Gasteiger partial charge on any atom is 0.242 e. The maximum atomic E-state index is 11.7. The van der Waals surface area contributed by atoms with E-state index in [2.05, 4.69) is 16.5 Å². The van der Waals surface area contributed by atoms with Crippen molar-refractivity contribution in [3.05, 3.63) is 17.4 Å². The third kappa shape index (κ3) is 3.46. The molecule has 0 spiro atoms. The molecule has 1 rings (SSSR count). The molecule has 1 aromatic rings. The smallest absolute Gasteiger partial charge is 0.242 e. The van der Waals surface area contributed by atoms with Gasteiger partial charge < -0.3 is 5.32 Å². The second-order valence-corrected chi connectivity index (χ2v) is 4.81. The molecule has 1 N–H and O–H groups in total. The lowest BCUT2D eigenvalue weighted by atomic mass is 9.90. The molecule has 5 nitrogen and oxygen atoms in total. The van der Waals surface area contributed by atoms with Crippen LogP contribution in [0.1, 0.15) is 20.8 Å². The van der Waals surface area contributed by atoms with E-state index in [4.69, 9.17) is 16.9 Å². The fraction of sp³-hybridized carbons (Fsp3) is 0.545. The Hall–Kier alpha value is -1.54. The van der Waals surface area contributed by atoms with Gasteiger partial charge in [0.1, 0.15) is 12.1 Å². The van der Waals surface area contributed by atoms with Gasteiger partial charge >= 0.3 is 0 Å². The van der Waals surface area contributed by atoms with Crippen LogP contribution in [-0.4, -0.2) is 21.2 Å². The molecule has 1 amide bonds. The zero-order valence-electron chi connectivity index (χ0n) is 10.1. The van der Waals surface area contributed by atoms with Crippen molar-refractivity contribution in [2.24, 2.45) is 5.92 Å². The highest BCUT2D eigenvalue weighted by molar-refractivity contribution is 6.30. The predicted molar refractivity (Wildman–Crippen MR) is 64.2 cm³/mol. The van der Waals surface area contributed by atoms with Crippen LogP contribution in [-0.2, 0) is 11.3 Å². The average molecular weight is 255 g/mol. The summed E-state index contributed by atoms with van der Waals surface area (Å²) < 4.78 is 1.43. The molecule has 0 aromatic carbocycles. The second kappa shape index (κ2) is 5.19. The molecule has 0 saturated heterocycles. The van der Waals surface area contributed by atoms with Gasteiger partial charge in [-0.25, -0.2) is 0 Å². The number of amides is 1. The van der Waals surface area contributed by atoms with Crippen molar-refractivity contribution >= 4 is 17.5 Å². The molecule has 0 fully saturated rings. The predicted octanol–water partition coefficient (Wildman–Crippen LogP) is 1.59. The first-order valence-corrected chi connectivity index (χ1v) is 5.65. The molecule has 0 radical (unpaired) electrons. The normalized spacial score (nSPS) is 14.1. The first-order chi connectivity index (χ1) is 7.87. The number of carbonyl (C=O) groups is 1. The van der Waals surface area contributed by atoms with E-state index < -0.39 is 5.54 Å². The molecule has 0 saturated carbocycles. The molecular formula is C11H15ClN4O. The molecule has 0 aliphatic rings. The Balaban J connectivity index is 2.64. The van der Waals surface area contributed by atoms with Crippen LogP contribution in [0, 0.1) is 17.2 Å². The molecule has 0 aliphatic carbocycles. The zero-order chi connectivity index (χ0) is 13.1. The molecule has 92 valence electrons. The van der Waals surface area contributed by atoms with Crippen LogP contribution < -0.4 is 5.32 Å². The summed E-state index contributed by atoms with van der Waals surface area (Å²) in [4.78, 5) is 11.7. The zero-order valence-corrected chi connectivity index (χ0v) is 10.8. The van der Waals surface area contributed by atoms with Gasteiger partial charge in [0.15, 0.2) is 0 Å².